The topological polar surface area (TPSA) is 86.7 Å². The average molecular weight is 368 g/mol. The predicted molar refractivity (Wildman–Crippen MR) is 98.2 cm³/mol. The van der Waals surface area contributed by atoms with E-state index in [0.29, 0.717) is 35.1 Å². The van der Waals surface area contributed by atoms with Crippen LogP contribution in [0.25, 0.3) is 0 Å². The number of fused-ring (bicyclic) bond motifs is 1. The fourth-order valence-corrected chi connectivity index (χ4v) is 6.59. The highest BCUT2D eigenvalue weighted by atomic mass is 16.3. The van der Waals surface area contributed by atoms with E-state index in [2.05, 4.69) is 5.32 Å². The summed E-state index contributed by atoms with van der Waals surface area (Å²) in [4.78, 5) is 38.0. The van der Waals surface area contributed by atoms with Crippen LogP contribution >= 0.6 is 0 Å². The van der Waals surface area contributed by atoms with Crippen molar-refractivity contribution in [1.29, 1.82) is 0 Å². The second-order valence-electron chi connectivity index (χ2n) is 9.34. The molecule has 2 atom stereocenters. The molecule has 2 N–H and O–H groups in total. The Morgan fingerprint density at radius 1 is 1.15 bits per heavy atom. The van der Waals surface area contributed by atoms with Gasteiger partial charge in [-0.25, -0.2) is 0 Å². The Balaban J connectivity index is 1.32. The molecule has 6 rings (SSSR count). The number of aliphatic hydroxyl groups is 1. The molecule has 3 amide bonds. The molecule has 0 saturated heterocycles. The number of nitrogens with zero attached hydrogens (tertiary/aromatic N) is 1. The summed E-state index contributed by atoms with van der Waals surface area (Å²) in [5.74, 6) is 0.362. The minimum Gasteiger partial charge on any atom is -0.390 e. The lowest BCUT2D eigenvalue weighted by molar-refractivity contribution is -0.167. The van der Waals surface area contributed by atoms with Crippen molar-refractivity contribution in [2.45, 2.75) is 50.5 Å². The van der Waals surface area contributed by atoms with Gasteiger partial charge in [0.2, 0.25) is 5.91 Å². The van der Waals surface area contributed by atoms with E-state index in [9.17, 15) is 19.5 Å². The SMILES string of the molecule is CN1C(=O)c2ccc(NC(=O)CC34C[C@H]5C[C@@H](CC(O)(C5)C3)C4)cc2C1=O. The summed E-state index contributed by atoms with van der Waals surface area (Å²) in [5, 5.41) is 13.8. The third-order valence-electron chi connectivity index (χ3n) is 7.06. The number of carbonyl (C=O) groups is 3. The van der Waals surface area contributed by atoms with Gasteiger partial charge in [-0.3, -0.25) is 19.3 Å². The minimum absolute atomic E-state index is 0.0781. The van der Waals surface area contributed by atoms with E-state index in [4.69, 9.17) is 0 Å². The summed E-state index contributed by atoms with van der Waals surface area (Å²) < 4.78 is 0. The van der Waals surface area contributed by atoms with Gasteiger partial charge in [0.05, 0.1) is 16.7 Å². The first-order valence-corrected chi connectivity index (χ1v) is 9.75. The molecule has 1 aromatic rings. The number of hydrogen-bond acceptors (Lipinski definition) is 4. The molecule has 5 aliphatic rings. The summed E-state index contributed by atoms with van der Waals surface area (Å²) in [7, 11) is 1.46. The quantitative estimate of drug-likeness (QED) is 0.803. The van der Waals surface area contributed by atoms with E-state index in [0.717, 1.165) is 37.0 Å². The van der Waals surface area contributed by atoms with Gasteiger partial charge in [-0.2, -0.15) is 0 Å². The molecule has 6 heteroatoms. The molecule has 4 aliphatic carbocycles. The summed E-state index contributed by atoms with van der Waals surface area (Å²) in [5.41, 5.74) is 0.591. The molecule has 1 aliphatic heterocycles. The van der Waals surface area contributed by atoms with Crippen LogP contribution in [0.1, 0.15) is 65.7 Å². The molecule has 142 valence electrons. The summed E-state index contributed by atoms with van der Waals surface area (Å²) in [6.45, 7) is 0. The standard InChI is InChI=1S/C21H24N2O4/c1-23-18(25)15-3-2-14(5-16(15)19(23)26)22-17(24)10-20-6-12-4-13(7-20)9-21(27,8-12)11-20/h2-3,5,12-13,27H,4,6-11H2,1H3,(H,22,24)/t12-,13-,20?,21?/m1/s1. The van der Waals surface area contributed by atoms with Crippen molar-refractivity contribution >= 4 is 23.4 Å². The maximum absolute atomic E-state index is 12.8. The first-order valence-electron chi connectivity index (χ1n) is 9.75. The Morgan fingerprint density at radius 2 is 1.81 bits per heavy atom. The molecule has 1 aromatic carbocycles. The van der Waals surface area contributed by atoms with Gasteiger partial charge in [-0.1, -0.05) is 0 Å². The van der Waals surface area contributed by atoms with Crippen LogP contribution in [0.4, 0.5) is 5.69 Å². The largest absolute Gasteiger partial charge is 0.390 e. The third kappa shape index (κ3) is 2.61. The van der Waals surface area contributed by atoms with Gasteiger partial charge in [0, 0.05) is 19.2 Å². The molecule has 1 heterocycles. The summed E-state index contributed by atoms with van der Waals surface area (Å²) in [6.07, 6.45) is 6.17. The van der Waals surface area contributed by atoms with Gasteiger partial charge in [-0.15, -0.1) is 0 Å². The van der Waals surface area contributed by atoms with E-state index in [1.54, 1.807) is 18.2 Å². The van der Waals surface area contributed by atoms with Crippen LogP contribution in [0.15, 0.2) is 18.2 Å². The van der Waals surface area contributed by atoms with Crippen LogP contribution in [0.3, 0.4) is 0 Å². The first kappa shape index (κ1) is 16.9. The molecular formula is C21H24N2O4. The number of anilines is 1. The average Bonchev–Trinajstić information content (AvgIpc) is 2.76. The van der Waals surface area contributed by atoms with Crippen molar-refractivity contribution in [3.8, 4) is 0 Å². The van der Waals surface area contributed by atoms with E-state index in [-0.39, 0.29) is 23.1 Å². The van der Waals surface area contributed by atoms with Crippen LogP contribution < -0.4 is 5.32 Å². The number of nitrogens with one attached hydrogen (secondary N) is 1. The van der Waals surface area contributed by atoms with Crippen molar-refractivity contribution in [2.24, 2.45) is 17.3 Å². The zero-order valence-corrected chi connectivity index (χ0v) is 15.5. The summed E-state index contributed by atoms with van der Waals surface area (Å²) >= 11 is 0. The van der Waals surface area contributed by atoms with E-state index in [1.165, 1.54) is 13.5 Å². The maximum Gasteiger partial charge on any atom is 0.261 e. The molecule has 0 spiro atoms. The van der Waals surface area contributed by atoms with Gasteiger partial charge in [0.1, 0.15) is 0 Å². The Kier molecular flexibility index (Phi) is 3.39. The molecular weight excluding hydrogens is 344 g/mol. The fraction of sp³-hybridized carbons (Fsp3) is 0.571. The Labute approximate surface area is 157 Å². The van der Waals surface area contributed by atoms with Crippen molar-refractivity contribution in [2.75, 3.05) is 12.4 Å². The monoisotopic (exact) mass is 368 g/mol. The maximum atomic E-state index is 12.8. The first-order chi connectivity index (χ1) is 12.8. The molecule has 4 saturated carbocycles. The predicted octanol–water partition coefficient (Wildman–Crippen LogP) is 2.57. The van der Waals surface area contributed by atoms with Crippen LogP contribution in [0.5, 0.6) is 0 Å². The van der Waals surface area contributed by atoms with Gasteiger partial charge in [0.15, 0.2) is 0 Å². The molecule has 6 nitrogen and oxygen atoms in total. The van der Waals surface area contributed by atoms with Crippen LogP contribution in [-0.2, 0) is 4.79 Å². The Hall–Kier alpha value is -2.21. The number of hydrogen-bond donors (Lipinski definition) is 2. The third-order valence-corrected chi connectivity index (χ3v) is 7.06. The van der Waals surface area contributed by atoms with Gasteiger partial charge in [-0.05, 0) is 74.0 Å². The Morgan fingerprint density at radius 3 is 2.48 bits per heavy atom. The molecule has 27 heavy (non-hydrogen) atoms. The highest BCUT2D eigenvalue weighted by Gasteiger charge is 2.57. The lowest BCUT2D eigenvalue weighted by atomic mass is 9.47. The second kappa shape index (κ2) is 5.41. The van der Waals surface area contributed by atoms with Gasteiger partial charge in [0.25, 0.3) is 11.8 Å². The molecule has 4 fully saturated rings. The van der Waals surface area contributed by atoms with Crippen LogP contribution in [0.2, 0.25) is 0 Å². The van der Waals surface area contributed by atoms with Gasteiger partial charge >= 0.3 is 0 Å². The lowest BCUT2D eigenvalue weighted by Crippen LogP contribution is -2.56. The van der Waals surface area contributed by atoms with E-state index in [1.807, 2.05) is 0 Å². The minimum atomic E-state index is -0.574. The highest BCUT2D eigenvalue weighted by molar-refractivity contribution is 6.21. The number of carbonyl (C=O) groups excluding carboxylic acids is 3. The van der Waals surface area contributed by atoms with Crippen molar-refractivity contribution < 1.29 is 19.5 Å². The lowest BCUT2D eigenvalue weighted by Gasteiger charge is -2.60. The van der Waals surface area contributed by atoms with E-state index >= 15 is 0 Å². The smallest absolute Gasteiger partial charge is 0.261 e. The normalized spacial score (nSPS) is 36.3. The van der Waals surface area contributed by atoms with E-state index < -0.39 is 5.60 Å². The van der Waals surface area contributed by atoms with Crippen molar-refractivity contribution in [1.82, 2.24) is 4.90 Å². The van der Waals surface area contributed by atoms with Crippen molar-refractivity contribution in [3.05, 3.63) is 29.3 Å². The highest BCUT2D eigenvalue weighted by Crippen LogP contribution is 2.62. The Bertz CT molecular complexity index is 863. The number of rotatable bonds is 3. The van der Waals surface area contributed by atoms with Gasteiger partial charge < -0.3 is 10.4 Å². The number of amides is 3. The zero-order valence-electron chi connectivity index (χ0n) is 15.5. The molecule has 0 unspecified atom stereocenters. The zero-order chi connectivity index (χ0) is 19.0. The number of benzene rings is 1. The summed E-state index contributed by atoms with van der Waals surface area (Å²) in [6, 6.07) is 4.86. The molecule has 0 aromatic heterocycles. The fourth-order valence-electron chi connectivity index (χ4n) is 6.59. The molecule has 0 radical (unpaired) electrons. The second-order valence-corrected chi connectivity index (χ2v) is 9.34. The van der Waals surface area contributed by atoms with Crippen molar-refractivity contribution in [3.63, 3.8) is 0 Å². The van der Waals surface area contributed by atoms with Crippen LogP contribution in [-0.4, -0.2) is 40.4 Å². The number of imide groups is 1. The van der Waals surface area contributed by atoms with Crippen LogP contribution in [0, 0.1) is 17.3 Å². The molecule has 4 bridgehead atoms.